The second kappa shape index (κ2) is 68.0. The monoisotopic (exact) mass is 1720 g/mol. The number of benzene rings is 3. The number of fused-ring (bicyclic) bond motifs is 5. The van der Waals surface area contributed by atoms with Crippen LogP contribution in [-0.4, -0.2) is 283 Å². The van der Waals surface area contributed by atoms with E-state index in [1.165, 1.54) is 39.3 Å². The Morgan fingerprint density at radius 3 is 1.33 bits per heavy atom. The molecule has 0 radical (unpaired) electrons. The zero-order valence-electron chi connectivity index (χ0n) is 64.8. The van der Waals surface area contributed by atoms with Gasteiger partial charge in [-0.15, -0.1) is 12.8 Å². The van der Waals surface area contributed by atoms with Crippen LogP contribution in [0.15, 0.2) is 102 Å². The van der Waals surface area contributed by atoms with Crippen LogP contribution in [0.3, 0.4) is 0 Å². The number of carbonyl (C=O) groups excluding carboxylic acids is 7. The van der Waals surface area contributed by atoms with Crippen LogP contribution in [0.1, 0.15) is 184 Å². The van der Waals surface area contributed by atoms with Crippen LogP contribution in [-0.2, 0) is 109 Å². The number of ketones is 2. The Hall–Kier alpha value is -7.52. The second-order valence-corrected chi connectivity index (χ2v) is 26.7. The molecule has 2 unspecified atom stereocenters. The molecule has 1 saturated heterocycles. The Bertz CT molecular complexity index is 3250. The van der Waals surface area contributed by atoms with Gasteiger partial charge in [0.2, 0.25) is 0 Å². The zero-order valence-corrected chi connectivity index (χ0v) is 63.8. The van der Waals surface area contributed by atoms with Crippen molar-refractivity contribution in [1.82, 2.24) is 5.32 Å². The molecule has 698 valence electrons. The third-order valence-electron chi connectivity index (χ3n) is 18.6. The van der Waals surface area contributed by atoms with Crippen molar-refractivity contribution in [2.24, 2.45) is 28.6 Å². The largest absolute Gasteiger partial charge is 0.480 e. The topological polar surface area (TPSA) is 386 Å². The predicted octanol–water partition coefficient (Wildman–Crippen LogP) is 12.2. The standard InChI is InChI=1S/C47H51NO14.C15H30O7.C14H28O8.C2H2.12CH4/c1-25-31(60-43(56)36(52)35(28-16-10-7-11-17-28)48-41(54)29-18-12-8-13-19-29)23-47(57)40(61-42(55)30-20-14-9-15-21-30)38-45(6,32(51)22-33-46(38,24-58-33)62-27(3)50)39(53)37(59-26(2)49)34(25)44(47,4)5;1-14(16)10-19-8-9-22-13-15(11-20-6-4-17-2)12-21-7-5-18-3;1-17-3-5-19-9-13(10-20-6-4-18-2)11-21-7-8-22-12-14(15)16;1-2;;;;;;;;;;;;/h7-21,31-33,35-38,40,51-52,57H,22-24H2,1-6H3,(H,48,54);15H,4-13H2,1-3H3;13H,3-12H2,1-2H3,(H,15,16);1-2H;12*1H4/t31-,32-,33+,35-,36+,37+,38?,40?,45+,46-,47+;;;;;;;;;;;;;;;/m0.............../s1/i;;;1D;;;;;;;;;;;;. The van der Waals surface area contributed by atoms with Gasteiger partial charge in [0.15, 0.2) is 29.4 Å². The molecule has 3 aromatic rings. The third-order valence-corrected chi connectivity index (χ3v) is 18.6. The Kier molecular flexibility index (Phi) is 72.5. The van der Waals surface area contributed by atoms with Crippen LogP contribution >= 0.6 is 0 Å². The summed E-state index contributed by atoms with van der Waals surface area (Å²) in [7, 11) is 6.52. The SMILES string of the molecule is C.C.C.C.C.C.C.C.C.C.C.C.CC(=O)O[C@H]1C(=O)[C@@]2(C)C(C(OC(=O)c3ccccc3)[C@]3(O)C[C@H](OC(=O)[C@H](O)[C@@H](NC(=O)c4ccccc4)c4ccccc4)C(C)=C1C3(C)C)[C@]1(OC(C)=O)CO[C@@H]1C[C@@H]2O.COCCOCC(COCCOC)COCCOCC(=O)O.COCCOCC(COCCOC)COCCOCC(C)=O.[2H]C#C. The molecule has 4 aliphatic rings. The Balaban J connectivity index is -0.000000255. The summed E-state index contributed by atoms with van der Waals surface area (Å²) in [5.74, 6) is -7.59. The van der Waals surface area contributed by atoms with E-state index < -0.39 is 119 Å². The number of esters is 4. The van der Waals surface area contributed by atoms with Gasteiger partial charge in [-0.05, 0) is 61.7 Å². The number of methoxy groups -OCH3 is 4. The van der Waals surface area contributed by atoms with Crippen LogP contribution in [0, 0.1) is 41.4 Å². The van der Waals surface area contributed by atoms with Crippen molar-refractivity contribution in [3.63, 3.8) is 0 Å². The fourth-order valence-electron chi connectivity index (χ4n) is 13.2. The van der Waals surface area contributed by atoms with Gasteiger partial charge in [0, 0.05) is 77.9 Å². The fourth-order valence-corrected chi connectivity index (χ4v) is 13.2. The van der Waals surface area contributed by atoms with Crippen molar-refractivity contribution < 1.29 is 141 Å². The number of aliphatic carboxylic acids is 1. The summed E-state index contributed by atoms with van der Waals surface area (Å²) < 4.78 is 98.7. The number of carboxylic acids is 1. The molecule has 1 aliphatic heterocycles. The Morgan fingerprint density at radius 2 is 0.958 bits per heavy atom. The summed E-state index contributed by atoms with van der Waals surface area (Å²) in [6.07, 6.45) is -4.75. The van der Waals surface area contributed by atoms with Gasteiger partial charge in [0.25, 0.3) is 5.91 Å². The normalized spacial score (nSPS) is 20.7. The van der Waals surface area contributed by atoms with Gasteiger partial charge in [-0.2, -0.15) is 0 Å². The highest BCUT2D eigenvalue weighted by Crippen LogP contribution is 2.64. The van der Waals surface area contributed by atoms with E-state index in [9.17, 15) is 48.9 Å². The number of Topliss-reactive ketones (excluding diaryl/α,β-unsaturated/α-hetero) is 2. The summed E-state index contributed by atoms with van der Waals surface area (Å²) in [6.45, 7) is 18.1. The Morgan fingerprint density at radius 1 is 0.567 bits per heavy atom. The van der Waals surface area contributed by atoms with Crippen LogP contribution in [0.5, 0.6) is 0 Å². The van der Waals surface area contributed by atoms with Crippen LogP contribution < -0.4 is 5.32 Å². The molecule has 1 heterocycles. The van der Waals surface area contributed by atoms with Gasteiger partial charge in [0.1, 0.15) is 38.5 Å². The van der Waals surface area contributed by atoms with Crippen molar-refractivity contribution in [2.45, 2.75) is 204 Å². The summed E-state index contributed by atoms with van der Waals surface area (Å²) in [5.41, 5.74) is -7.02. The van der Waals surface area contributed by atoms with E-state index in [2.05, 4.69) is 11.7 Å². The van der Waals surface area contributed by atoms with Gasteiger partial charge in [0.05, 0.1) is 155 Å². The molecule has 0 spiro atoms. The predicted molar refractivity (Wildman–Crippen MR) is 468 cm³/mol. The number of hydrogen-bond donors (Lipinski definition) is 5. The number of ether oxygens (including phenoxy) is 17. The smallest absolute Gasteiger partial charge is 0.338 e. The third kappa shape index (κ3) is 38.5. The quantitative estimate of drug-likeness (QED) is 0.0115. The van der Waals surface area contributed by atoms with Gasteiger partial charge in [-0.1, -0.05) is 170 Å². The summed E-state index contributed by atoms with van der Waals surface area (Å²) >= 11 is 0. The van der Waals surface area contributed by atoms with E-state index in [-0.39, 0.29) is 162 Å². The lowest BCUT2D eigenvalue weighted by Crippen LogP contribution is -2.82. The first-order valence-corrected chi connectivity index (χ1v) is 35.5. The minimum atomic E-state index is -2.39. The van der Waals surface area contributed by atoms with E-state index in [1.807, 2.05) is 0 Å². The molecule has 3 aliphatic carbocycles. The lowest BCUT2D eigenvalue weighted by molar-refractivity contribution is -0.346. The van der Waals surface area contributed by atoms with E-state index in [0.29, 0.717) is 118 Å². The summed E-state index contributed by atoms with van der Waals surface area (Å²) in [4.78, 5) is 104. The molecule has 2 saturated carbocycles. The molecular weight excluding hydrogens is 1560 g/mol. The van der Waals surface area contributed by atoms with Crippen LogP contribution in [0.4, 0.5) is 0 Å². The fraction of sp³-hybridized carbons (Fsp3) is 0.667. The van der Waals surface area contributed by atoms with Gasteiger partial charge in [-0.25, -0.2) is 14.4 Å². The molecule has 3 aromatic carbocycles. The first kappa shape index (κ1) is 128. The maximum atomic E-state index is 15.5. The first-order chi connectivity index (χ1) is 52.1. The number of carboxylic acid groups (broad SMARTS) is 1. The molecule has 120 heavy (non-hydrogen) atoms. The van der Waals surface area contributed by atoms with Crippen molar-refractivity contribution in [3.05, 3.63) is 119 Å². The molecule has 3 fully saturated rings. The number of nitrogens with one attached hydrogen (secondary N) is 1. The lowest BCUT2D eigenvalue weighted by atomic mass is 9.44. The maximum Gasteiger partial charge on any atom is 0.338 e. The minimum Gasteiger partial charge on any atom is -0.480 e. The van der Waals surface area contributed by atoms with E-state index in [0.717, 1.165) is 13.8 Å². The molecule has 1 amide bonds. The summed E-state index contributed by atoms with van der Waals surface area (Å²) in [5, 5.41) is 48.7. The van der Waals surface area contributed by atoms with Crippen molar-refractivity contribution in [3.8, 4) is 12.8 Å². The number of aliphatic hydroxyl groups is 3. The van der Waals surface area contributed by atoms with Gasteiger partial charge >= 0.3 is 29.8 Å². The minimum absolute atomic E-state index is 0. The van der Waals surface area contributed by atoms with E-state index in [1.54, 1.807) is 121 Å². The van der Waals surface area contributed by atoms with Crippen molar-refractivity contribution >= 4 is 47.3 Å². The molecule has 30 nitrogen and oxygen atoms in total. The summed E-state index contributed by atoms with van der Waals surface area (Å²) in [6, 6.07) is 22.9. The number of carbonyl (C=O) groups is 8. The molecule has 5 N–H and O–H groups in total. The molecule has 7 rings (SSSR count). The van der Waals surface area contributed by atoms with Gasteiger partial charge < -0.3 is 106 Å². The molecule has 0 aromatic heterocycles. The van der Waals surface area contributed by atoms with Crippen LogP contribution in [0.25, 0.3) is 0 Å². The highest BCUT2D eigenvalue weighted by atomic mass is 16.6. The highest BCUT2D eigenvalue weighted by molar-refractivity contribution is 5.96. The second-order valence-electron chi connectivity index (χ2n) is 26.7. The average Bonchev–Trinajstić information content (AvgIpc) is 0.668. The molecular formula is C90H159NO29. The number of terminal acetylenes is 1. The Labute approximate surface area is 722 Å². The first-order valence-electron chi connectivity index (χ1n) is 36.0. The number of amides is 1. The van der Waals surface area contributed by atoms with Crippen molar-refractivity contribution in [1.29, 1.82) is 0 Å². The number of rotatable bonds is 44. The van der Waals surface area contributed by atoms with Crippen molar-refractivity contribution in [2.75, 3.05) is 167 Å². The van der Waals surface area contributed by atoms with Gasteiger partial charge in [-0.3, -0.25) is 24.0 Å². The zero-order chi connectivity index (χ0) is 80.6. The molecule has 30 heteroatoms. The van der Waals surface area contributed by atoms with E-state index in [4.69, 9.17) is 87.0 Å². The molecule has 2 bridgehead atoms. The average molecular weight is 1720 g/mol. The lowest BCUT2D eigenvalue weighted by Gasteiger charge is -2.67. The number of aliphatic hydroxyl groups excluding tert-OH is 2. The maximum absolute atomic E-state index is 15.5. The number of hydrogen-bond acceptors (Lipinski definition) is 28. The molecule has 11 atom stereocenters. The van der Waals surface area contributed by atoms with E-state index >= 15 is 4.79 Å². The van der Waals surface area contributed by atoms with Crippen LogP contribution in [0.2, 0.25) is 0 Å². The highest BCUT2D eigenvalue weighted by Gasteiger charge is 2.78.